The van der Waals surface area contributed by atoms with Crippen molar-refractivity contribution in [2.45, 2.75) is 20.8 Å². The van der Waals surface area contributed by atoms with Gasteiger partial charge in [-0.25, -0.2) is 9.78 Å². The zero-order valence-electron chi connectivity index (χ0n) is 11.3. The lowest BCUT2D eigenvalue weighted by molar-refractivity contribution is 0.810. The average molecular weight is 271 g/mol. The second-order valence-electron chi connectivity index (χ2n) is 4.68. The van der Waals surface area contributed by atoms with E-state index in [0.717, 1.165) is 16.8 Å². The van der Waals surface area contributed by atoms with Crippen molar-refractivity contribution in [2.24, 2.45) is 0 Å². The Hall–Kier alpha value is -2.70. The largest absolute Gasteiger partial charge is 0.349 e. The van der Waals surface area contributed by atoms with Crippen LogP contribution in [0.25, 0.3) is 16.8 Å². The maximum absolute atomic E-state index is 11.9. The fraction of sp³-hybridized carbons (Fsp3) is 0.231. The number of rotatable bonds is 1. The standard InChI is InChI=1S/C13H13N5O2/c1-6-9(4-5-10(19)14-6)11-7(2)17-18-12(11)15-8(3)16-13(18)20/h4-5H,1-3H3,(H,14,19)(H,15,16,20). The maximum atomic E-state index is 11.9. The van der Waals surface area contributed by atoms with Crippen LogP contribution in [-0.2, 0) is 0 Å². The van der Waals surface area contributed by atoms with Crippen molar-refractivity contribution >= 4 is 5.65 Å². The minimum Gasteiger partial charge on any atom is -0.326 e. The number of pyridine rings is 1. The van der Waals surface area contributed by atoms with E-state index in [1.807, 2.05) is 6.92 Å². The van der Waals surface area contributed by atoms with E-state index in [-0.39, 0.29) is 11.2 Å². The second-order valence-corrected chi connectivity index (χ2v) is 4.68. The molecular formula is C13H13N5O2. The fourth-order valence-electron chi connectivity index (χ4n) is 2.32. The van der Waals surface area contributed by atoms with Gasteiger partial charge in [-0.05, 0) is 26.8 Å². The minimum atomic E-state index is -0.330. The third kappa shape index (κ3) is 1.75. The Kier molecular flexibility index (Phi) is 2.56. The highest BCUT2D eigenvalue weighted by atomic mass is 16.1. The number of fused-ring (bicyclic) bond motifs is 1. The van der Waals surface area contributed by atoms with Gasteiger partial charge < -0.3 is 4.98 Å². The van der Waals surface area contributed by atoms with Crippen LogP contribution in [0, 0.1) is 20.8 Å². The van der Waals surface area contributed by atoms with E-state index in [1.165, 1.54) is 10.6 Å². The van der Waals surface area contributed by atoms with Gasteiger partial charge in [0.15, 0.2) is 5.65 Å². The molecule has 7 nitrogen and oxygen atoms in total. The molecule has 0 radical (unpaired) electrons. The van der Waals surface area contributed by atoms with Crippen LogP contribution >= 0.6 is 0 Å². The second kappa shape index (κ2) is 4.16. The lowest BCUT2D eigenvalue weighted by atomic mass is 10.1. The van der Waals surface area contributed by atoms with Gasteiger partial charge in [0.05, 0.1) is 11.3 Å². The van der Waals surface area contributed by atoms with Crippen molar-refractivity contribution in [3.05, 3.63) is 50.2 Å². The number of aromatic amines is 2. The van der Waals surface area contributed by atoms with Crippen LogP contribution < -0.4 is 11.2 Å². The highest BCUT2D eigenvalue weighted by Gasteiger charge is 2.17. The lowest BCUT2D eigenvalue weighted by Crippen LogP contribution is -2.19. The smallest absolute Gasteiger partial charge is 0.326 e. The molecule has 0 saturated heterocycles. The maximum Gasteiger partial charge on any atom is 0.349 e. The number of aryl methyl sites for hydroxylation is 3. The monoisotopic (exact) mass is 271 g/mol. The lowest BCUT2D eigenvalue weighted by Gasteiger charge is -2.04. The quantitative estimate of drug-likeness (QED) is 0.681. The van der Waals surface area contributed by atoms with E-state index in [1.54, 1.807) is 19.9 Å². The zero-order valence-corrected chi connectivity index (χ0v) is 11.3. The summed E-state index contributed by atoms with van der Waals surface area (Å²) in [7, 11) is 0. The van der Waals surface area contributed by atoms with Gasteiger partial charge in [0.1, 0.15) is 5.82 Å². The zero-order chi connectivity index (χ0) is 14.4. The van der Waals surface area contributed by atoms with Crippen LogP contribution in [-0.4, -0.2) is 24.6 Å². The fourth-order valence-corrected chi connectivity index (χ4v) is 2.32. The first-order chi connectivity index (χ1) is 9.47. The Balaban J connectivity index is 2.44. The van der Waals surface area contributed by atoms with Crippen molar-refractivity contribution in [1.29, 1.82) is 0 Å². The summed E-state index contributed by atoms with van der Waals surface area (Å²) in [6, 6.07) is 3.17. The first-order valence-electron chi connectivity index (χ1n) is 6.14. The van der Waals surface area contributed by atoms with Gasteiger partial charge in [-0.3, -0.25) is 9.78 Å². The Bertz CT molecular complexity index is 932. The molecule has 3 aromatic rings. The van der Waals surface area contributed by atoms with Crippen molar-refractivity contribution in [3.8, 4) is 11.1 Å². The number of nitrogens with one attached hydrogen (secondary N) is 2. The van der Waals surface area contributed by atoms with E-state index in [4.69, 9.17) is 0 Å². The topological polar surface area (TPSA) is 95.9 Å². The predicted molar refractivity (Wildman–Crippen MR) is 73.9 cm³/mol. The first kappa shape index (κ1) is 12.3. The van der Waals surface area contributed by atoms with Crippen molar-refractivity contribution in [2.75, 3.05) is 0 Å². The van der Waals surface area contributed by atoms with Crippen molar-refractivity contribution < 1.29 is 0 Å². The molecule has 3 heterocycles. The van der Waals surface area contributed by atoms with Gasteiger partial charge in [-0.15, -0.1) is 0 Å². The van der Waals surface area contributed by atoms with Crippen LogP contribution in [0.2, 0.25) is 0 Å². The molecule has 0 aliphatic heterocycles. The summed E-state index contributed by atoms with van der Waals surface area (Å²) in [5, 5.41) is 4.21. The summed E-state index contributed by atoms with van der Waals surface area (Å²) in [4.78, 5) is 32.9. The van der Waals surface area contributed by atoms with Gasteiger partial charge in [-0.2, -0.15) is 9.61 Å². The Morgan fingerprint density at radius 3 is 2.55 bits per heavy atom. The van der Waals surface area contributed by atoms with Crippen LogP contribution in [0.4, 0.5) is 0 Å². The SMILES string of the molecule is Cc1nc2c(-c3ccc(=O)[nH]c3C)c(C)nn2c(=O)[nH]1. The molecule has 0 bridgehead atoms. The molecule has 0 aromatic carbocycles. The molecule has 0 spiro atoms. The minimum absolute atomic E-state index is 0.164. The van der Waals surface area contributed by atoms with Gasteiger partial charge >= 0.3 is 5.69 Å². The van der Waals surface area contributed by atoms with E-state index in [0.29, 0.717) is 17.2 Å². The van der Waals surface area contributed by atoms with E-state index in [2.05, 4.69) is 20.1 Å². The van der Waals surface area contributed by atoms with E-state index < -0.39 is 0 Å². The van der Waals surface area contributed by atoms with Crippen LogP contribution in [0.1, 0.15) is 17.2 Å². The number of hydrogen-bond donors (Lipinski definition) is 2. The van der Waals surface area contributed by atoms with E-state index >= 15 is 0 Å². The summed E-state index contributed by atoms with van der Waals surface area (Å²) in [5.41, 5.74) is 2.96. The highest BCUT2D eigenvalue weighted by molar-refractivity contribution is 5.80. The molecule has 7 heteroatoms. The Morgan fingerprint density at radius 1 is 1.10 bits per heavy atom. The molecule has 0 unspecified atom stereocenters. The van der Waals surface area contributed by atoms with Crippen LogP contribution in [0.5, 0.6) is 0 Å². The molecule has 0 fully saturated rings. The van der Waals surface area contributed by atoms with E-state index in [9.17, 15) is 9.59 Å². The molecule has 0 amide bonds. The van der Waals surface area contributed by atoms with Crippen molar-refractivity contribution in [1.82, 2.24) is 24.6 Å². The normalized spacial score (nSPS) is 11.2. The summed E-state index contributed by atoms with van der Waals surface area (Å²) < 4.78 is 1.24. The number of H-pyrrole nitrogens is 2. The molecule has 0 saturated carbocycles. The summed E-state index contributed by atoms with van der Waals surface area (Å²) in [6.45, 7) is 5.33. The Morgan fingerprint density at radius 2 is 1.85 bits per heavy atom. The summed E-state index contributed by atoms with van der Waals surface area (Å²) in [6.07, 6.45) is 0. The molecule has 0 aliphatic rings. The van der Waals surface area contributed by atoms with Gasteiger partial charge in [0, 0.05) is 17.3 Å². The molecule has 3 aromatic heterocycles. The number of nitrogens with zero attached hydrogens (tertiary/aromatic N) is 3. The molecular weight excluding hydrogens is 258 g/mol. The van der Waals surface area contributed by atoms with Gasteiger partial charge in [0.25, 0.3) is 0 Å². The molecule has 0 aliphatic carbocycles. The third-order valence-corrected chi connectivity index (χ3v) is 3.18. The van der Waals surface area contributed by atoms with Crippen LogP contribution in [0.3, 0.4) is 0 Å². The van der Waals surface area contributed by atoms with Crippen LogP contribution in [0.15, 0.2) is 21.7 Å². The molecule has 3 rings (SSSR count). The number of aromatic nitrogens is 5. The summed E-state index contributed by atoms with van der Waals surface area (Å²) >= 11 is 0. The average Bonchev–Trinajstić information content (AvgIpc) is 2.67. The molecule has 2 N–H and O–H groups in total. The summed E-state index contributed by atoms with van der Waals surface area (Å²) in [5.74, 6) is 0.519. The molecule has 0 atom stereocenters. The third-order valence-electron chi connectivity index (χ3n) is 3.18. The molecule has 20 heavy (non-hydrogen) atoms. The molecule has 102 valence electrons. The number of hydrogen-bond acceptors (Lipinski definition) is 4. The Labute approximate surface area is 113 Å². The van der Waals surface area contributed by atoms with Gasteiger partial charge in [0.2, 0.25) is 5.56 Å². The predicted octanol–water partition coefficient (Wildman–Crippen LogP) is 0.698. The highest BCUT2D eigenvalue weighted by Crippen LogP contribution is 2.27. The van der Waals surface area contributed by atoms with Crippen molar-refractivity contribution in [3.63, 3.8) is 0 Å². The van der Waals surface area contributed by atoms with Gasteiger partial charge in [-0.1, -0.05) is 0 Å². The first-order valence-corrected chi connectivity index (χ1v) is 6.14.